The molecule has 2 aliphatic heterocycles. The Balaban J connectivity index is 1.43. The van der Waals surface area contributed by atoms with Crippen LogP contribution in [-0.4, -0.2) is 67.0 Å². The molecule has 0 saturated carbocycles. The second-order valence-electron chi connectivity index (χ2n) is 9.15. The number of hydrogen-bond donors (Lipinski definition) is 0. The minimum atomic E-state index is -1.19. The average molecular weight is 483 g/mol. The van der Waals surface area contributed by atoms with Gasteiger partial charge in [-0.1, -0.05) is 30.3 Å². The van der Waals surface area contributed by atoms with Gasteiger partial charge < -0.3 is 14.4 Å². The molecule has 0 N–H and O–H groups in total. The van der Waals surface area contributed by atoms with Crippen LogP contribution in [0.15, 0.2) is 54.6 Å². The SMILES string of the molecule is COCCCN1C(=O)CC(CC(=O)N2CCC(Oc3ccc(F)cc3)CC2)(c2ccccc2)C1=O. The molecule has 3 amide bonds. The van der Waals surface area contributed by atoms with Crippen molar-refractivity contribution in [1.29, 1.82) is 0 Å². The molecule has 2 aliphatic rings. The summed E-state index contributed by atoms with van der Waals surface area (Å²) >= 11 is 0. The lowest BCUT2D eigenvalue weighted by molar-refractivity contribution is -0.143. The minimum Gasteiger partial charge on any atom is -0.490 e. The van der Waals surface area contributed by atoms with Gasteiger partial charge in [0.05, 0.1) is 5.41 Å². The Hall–Kier alpha value is -3.26. The first-order valence-corrected chi connectivity index (χ1v) is 12.0. The van der Waals surface area contributed by atoms with Gasteiger partial charge in [0.2, 0.25) is 17.7 Å². The van der Waals surface area contributed by atoms with Gasteiger partial charge in [0.15, 0.2) is 0 Å². The summed E-state index contributed by atoms with van der Waals surface area (Å²) in [6.07, 6.45) is 1.69. The van der Waals surface area contributed by atoms with E-state index < -0.39 is 5.41 Å². The van der Waals surface area contributed by atoms with Crippen molar-refractivity contribution in [3.8, 4) is 5.75 Å². The van der Waals surface area contributed by atoms with E-state index in [0.29, 0.717) is 50.3 Å². The van der Waals surface area contributed by atoms with Crippen LogP contribution in [0.4, 0.5) is 4.39 Å². The number of carbonyl (C=O) groups is 3. The van der Waals surface area contributed by atoms with E-state index >= 15 is 0 Å². The molecule has 0 aromatic heterocycles. The van der Waals surface area contributed by atoms with Crippen molar-refractivity contribution in [3.05, 3.63) is 66.0 Å². The van der Waals surface area contributed by atoms with Gasteiger partial charge in [-0.05, 0) is 36.2 Å². The zero-order valence-corrected chi connectivity index (χ0v) is 20.0. The lowest BCUT2D eigenvalue weighted by atomic mass is 9.75. The van der Waals surface area contributed by atoms with Gasteiger partial charge in [-0.2, -0.15) is 0 Å². The summed E-state index contributed by atoms with van der Waals surface area (Å²) in [5.74, 6) is -0.430. The summed E-state index contributed by atoms with van der Waals surface area (Å²) < 4.78 is 24.1. The quantitative estimate of drug-likeness (QED) is 0.405. The highest BCUT2D eigenvalue weighted by Gasteiger charge is 2.53. The maximum atomic E-state index is 13.6. The van der Waals surface area contributed by atoms with E-state index in [1.807, 2.05) is 30.3 Å². The molecular weight excluding hydrogens is 451 g/mol. The summed E-state index contributed by atoms with van der Waals surface area (Å²) in [6.45, 7) is 1.72. The van der Waals surface area contributed by atoms with E-state index in [0.717, 1.165) is 0 Å². The van der Waals surface area contributed by atoms with Crippen molar-refractivity contribution >= 4 is 17.7 Å². The molecular formula is C27H31FN2O5. The Bertz CT molecular complexity index is 1040. The van der Waals surface area contributed by atoms with E-state index in [1.165, 1.54) is 17.0 Å². The largest absolute Gasteiger partial charge is 0.490 e. The molecule has 0 spiro atoms. The molecule has 2 aromatic carbocycles. The number of likely N-dealkylation sites (tertiary alicyclic amines) is 2. The predicted octanol–water partition coefficient (Wildman–Crippen LogP) is 3.32. The van der Waals surface area contributed by atoms with E-state index in [9.17, 15) is 18.8 Å². The highest BCUT2D eigenvalue weighted by molar-refractivity contribution is 6.10. The highest BCUT2D eigenvalue weighted by atomic mass is 19.1. The zero-order chi connectivity index (χ0) is 24.8. The number of nitrogens with zero attached hydrogens (tertiary/aromatic N) is 2. The Morgan fingerprint density at radius 2 is 1.74 bits per heavy atom. The van der Waals surface area contributed by atoms with Crippen molar-refractivity contribution < 1.29 is 28.2 Å². The molecule has 35 heavy (non-hydrogen) atoms. The molecule has 7 nitrogen and oxygen atoms in total. The van der Waals surface area contributed by atoms with Crippen molar-refractivity contribution in [3.63, 3.8) is 0 Å². The Kier molecular flexibility index (Phi) is 7.80. The van der Waals surface area contributed by atoms with Crippen LogP contribution in [0.2, 0.25) is 0 Å². The molecule has 1 atom stereocenters. The molecule has 2 saturated heterocycles. The third kappa shape index (κ3) is 5.53. The van der Waals surface area contributed by atoms with Crippen LogP contribution in [-0.2, 0) is 24.5 Å². The zero-order valence-electron chi connectivity index (χ0n) is 20.0. The second kappa shape index (κ2) is 11.0. The third-order valence-corrected chi connectivity index (χ3v) is 6.83. The Morgan fingerprint density at radius 3 is 2.40 bits per heavy atom. The number of amides is 3. The van der Waals surface area contributed by atoms with E-state index in [2.05, 4.69) is 0 Å². The molecule has 0 radical (unpaired) electrons. The average Bonchev–Trinajstić information content (AvgIpc) is 3.11. The van der Waals surface area contributed by atoms with E-state index in [4.69, 9.17) is 9.47 Å². The summed E-state index contributed by atoms with van der Waals surface area (Å²) in [4.78, 5) is 42.9. The molecule has 8 heteroatoms. The number of imide groups is 1. The number of piperidine rings is 1. The standard InChI is InChI=1S/C27H31FN2O5/c1-34-17-5-14-30-25(32)19-27(26(30)33,20-6-3-2-4-7-20)18-24(31)29-15-12-23(13-16-29)35-22-10-8-21(28)9-11-22/h2-4,6-11,23H,5,12-19H2,1H3. The smallest absolute Gasteiger partial charge is 0.240 e. The van der Waals surface area contributed by atoms with Crippen LogP contribution in [0.1, 0.15) is 37.7 Å². The Morgan fingerprint density at radius 1 is 1.06 bits per heavy atom. The summed E-state index contributed by atoms with van der Waals surface area (Å²) in [6, 6.07) is 15.0. The molecule has 4 rings (SSSR count). The van der Waals surface area contributed by atoms with Crippen molar-refractivity contribution in [2.24, 2.45) is 0 Å². The summed E-state index contributed by atoms with van der Waals surface area (Å²) in [5.41, 5.74) is -0.500. The van der Waals surface area contributed by atoms with Crippen molar-refractivity contribution in [2.45, 2.75) is 43.6 Å². The topological polar surface area (TPSA) is 76.2 Å². The van der Waals surface area contributed by atoms with Gasteiger partial charge in [-0.3, -0.25) is 19.3 Å². The number of hydrogen-bond acceptors (Lipinski definition) is 5. The first kappa shape index (κ1) is 24.9. The molecule has 0 bridgehead atoms. The van der Waals surface area contributed by atoms with Crippen LogP contribution in [0.3, 0.4) is 0 Å². The fourth-order valence-electron chi connectivity index (χ4n) is 4.92. The second-order valence-corrected chi connectivity index (χ2v) is 9.15. The van der Waals surface area contributed by atoms with Crippen molar-refractivity contribution in [2.75, 3.05) is 33.4 Å². The first-order chi connectivity index (χ1) is 16.9. The normalized spacial score (nSPS) is 21.0. The fraction of sp³-hybridized carbons (Fsp3) is 0.444. The van der Waals surface area contributed by atoms with Crippen molar-refractivity contribution in [1.82, 2.24) is 9.80 Å². The molecule has 2 heterocycles. The summed E-state index contributed by atoms with van der Waals surface area (Å²) in [5, 5.41) is 0. The number of benzene rings is 2. The van der Waals surface area contributed by atoms with Gasteiger partial charge in [-0.15, -0.1) is 0 Å². The number of carbonyl (C=O) groups excluding carboxylic acids is 3. The molecule has 2 fully saturated rings. The molecule has 0 aliphatic carbocycles. The fourth-order valence-corrected chi connectivity index (χ4v) is 4.92. The van der Waals surface area contributed by atoms with Crippen LogP contribution < -0.4 is 4.74 Å². The lowest BCUT2D eigenvalue weighted by Gasteiger charge is -2.35. The molecule has 186 valence electrons. The van der Waals surface area contributed by atoms with Gasteiger partial charge in [0.1, 0.15) is 17.7 Å². The van der Waals surface area contributed by atoms with Crippen LogP contribution in [0.5, 0.6) is 5.75 Å². The van der Waals surface area contributed by atoms with E-state index in [1.54, 1.807) is 24.1 Å². The lowest BCUT2D eigenvalue weighted by Crippen LogP contribution is -2.46. The number of rotatable bonds is 9. The highest BCUT2D eigenvalue weighted by Crippen LogP contribution is 2.40. The number of methoxy groups -OCH3 is 1. The monoisotopic (exact) mass is 482 g/mol. The summed E-state index contributed by atoms with van der Waals surface area (Å²) in [7, 11) is 1.58. The van der Waals surface area contributed by atoms with Gasteiger partial charge in [0, 0.05) is 59.0 Å². The maximum absolute atomic E-state index is 13.6. The van der Waals surface area contributed by atoms with Crippen LogP contribution in [0, 0.1) is 5.82 Å². The van der Waals surface area contributed by atoms with Gasteiger partial charge in [-0.25, -0.2) is 4.39 Å². The maximum Gasteiger partial charge on any atom is 0.240 e. The number of ether oxygens (including phenoxy) is 2. The number of halogens is 1. The van der Waals surface area contributed by atoms with E-state index in [-0.39, 0.29) is 49.0 Å². The predicted molar refractivity (Wildman–Crippen MR) is 127 cm³/mol. The van der Waals surface area contributed by atoms with Crippen LogP contribution in [0.25, 0.3) is 0 Å². The molecule has 1 unspecified atom stereocenters. The third-order valence-electron chi connectivity index (χ3n) is 6.83. The Labute approximate surface area is 204 Å². The molecule has 2 aromatic rings. The first-order valence-electron chi connectivity index (χ1n) is 12.0. The van der Waals surface area contributed by atoms with Crippen LogP contribution >= 0.6 is 0 Å². The van der Waals surface area contributed by atoms with Gasteiger partial charge >= 0.3 is 0 Å². The minimum absolute atomic E-state index is 0.0152. The van der Waals surface area contributed by atoms with Gasteiger partial charge in [0.25, 0.3) is 0 Å².